The molecule has 2 aliphatic carbocycles. The van der Waals surface area contributed by atoms with Gasteiger partial charge in [-0.05, 0) is 95.5 Å². The normalized spacial score (nSPS) is 25.7. The molecule has 2 aromatic rings. The van der Waals surface area contributed by atoms with Gasteiger partial charge in [-0.3, -0.25) is 0 Å². The molecule has 1 aliphatic heterocycles. The Morgan fingerprint density at radius 1 is 1.29 bits per heavy atom. The van der Waals surface area contributed by atoms with Gasteiger partial charge in [0.2, 0.25) is 16.2 Å². The molecule has 1 N–H and O–H groups in total. The Labute approximate surface area is 232 Å². The molecule has 0 radical (unpaired) electrons. The number of pyridine rings is 1. The first kappa shape index (κ1) is 26.9. The van der Waals surface area contributed by atoms with Crippen molar-refractivity contribution in [2.75, 3.05) is 31.2 Å². The lowest BCUT2D eigenvalue weighted by Crippen LogP contribution is -2.49. The van der Waals surface area contributed by atoms with Gasteiger partial charge in [0.05, 0.1) is 22.4 Å². The van der Waals surface area contributed by atoms with Crippen LogP contribution in [-0.4, -0.2) is 55.6 Å². The third-order valence-electron chi connectivity index (χ3n) is 8.54. The number of sulfonamides is 1. The van der Waals surface area contributed by atoms with E-state index in [9.17, 15) is 23.7 Å². The van der Waals surface area contributed by atoms with Crippen LogP contribution in [0.15, 0.2) is 47.2 Å². The summed E-state index contributed by atoms with van der Waals surface area (Å²) < 4.78 is 26.7. The molecule has 3 atom stereocenters. The van der Waals surface area contributed by atoms with Crippen LogP contribution < -0.4 is 10.0 Å². The van der Waals surface area contributed by atoms with Crippen molar-refractivity contribution in [1.29, 1.82) is 5.26 Å². The fourth-order valence-corrected chi connectivity index (χ4v) is 7.75. The number of piperidine rings is 1. The van der Waals surface area contributed by atoms with E-state index in [0.717, 1.165) is 25.7 Å². The summed E-state index contributed by atoms with van der Waals surface area (Å²) in [5.41, 5.74) is 2.40. The average molecular weight is 603 g/mol. The largest absolute Gasteiger partial charge is 0.619 e. The Bertz CT molecular complexity index is 1350. The summed E-state index contributed by atoms with van der Waals surface area (Å²) in [5, 5.41) is 24.2. The Morgan fingerprint density at radius 3 is 2.71 bits per heavy atom. The van der Waals surface area contributed by atoms with Crippen LogP contribution in [0, 0.1) is 28.4 Å². The highest BCUT2D eigenvalue weighted by Gasteiger charge is 2.58. The highest BCUT2D eigenvalue weighted by atomic mass is 79.9. The minimum atomic E-state index is -3.22. The monoisotopic (exact) mass is 601 g/mol. The maximum Gasteiger partial charge on any atom is 0.322 e. The van der Waals surface area contributed by atoms with E-state index >= 15 is 0 Å². The van der Waals surface area contributed by atoms with Gasteiger partial charge in [-0.2, -0.15) is 9.99 Å². The molecule has 38 heavy (non-hydrogen) atoms. The Morgan fingerprint density at radius 2 is 2.05 bits per heavy atom. The molecule has 1 saturated heterocycles. The number of anilines is 1. The fourth-order valence-electron chi connectivity index (χ4n) is 6.43. The van der Waals surface area contributed by atoms with Crippen molar-refractivity contribution in [2.24, 2.45) is 11.8 Å². The van der Waals surface area contributed by atoms with Crippen LogP contribution >= 0.6 is 15.9 Å². The topological polar surface area (TPSA) is 120 Å². The van der Waals surface area contributed by atoms with E-state index in [2.05, 4.69) is 33.4 Å². The van der Waals surface area contributed by atoms with E-state index in [-0.39, 0.29) is 23.4 Å². The van der Waals surface area contributed by atoms with Crippen molar-refractivity contribution >= 4 is 37.7 Å². The molecule has 1 aromatic carbocycles. The van der Waals surface area contributed by atoms with Gasteiger partial charge in [0, 0.05) is 25.7 Å². The Kier molecular flexibility index (Phi) is 7.42. The van der Waals surface area contributed by atoms with E-state index in [1.807, 2.05) is 23.1 Å². The van der Waals surface area contributed by atoms with Crippen molar-refractivity contribution in [3.8, 4) is 6.07 Å². The number of urea groups is 1. The van der Waals surface area contributed by atoms with Crippen LogP contribution in [0.5, 0.6) is 0 Å². The zero-order valence-electron chi connectivity index (χ0n) is 21.3. The lowest BCUT2D eigenvalue weighted by Gasteiger charge is -2.40. The molecule has 2 amide bonds. The minimum Gasteiger partial charge on any atom is -0.619 e. The second kappa shape index (κ2) is 10.5. The summed E-state index contributed by atoms with van der Waals surface area (Å²) in [6.45, 7) is 1.47. The third kappa shape index (κ3) is 5.67. The number of amides is 2. The molecule has 2 saturated carbocycles. The maximum atomic E-state index is 13.6. The van der Waals surface area contributed by atoms with Gasteiger partial charge in [-0.15, -0.1) is 0 Å². The molecule has 5 rings (SSSR count). The number of hydrogen-bond donors (Lipinski definition) is 1. The molecule has 9 nitrogen and oxygen atoms in total. The smallest absolute Gasteiger partial charge is 0.322 e. The fraction of sp³-hybridized carbons (Fsp3) is 0.519. The molecular formula is C27H32BrN5O4S. The first-order valence-electron chi connectivity index (χ1n) is 13.0. The minimum absolute atomic E-state index is 0.0502. The van der Waals surface area contributed by atoms with E-state index in [1.54, 1.807) is 6.07 Å². The summed E-state index contributed by atoms with van der Waals surface area (Å²) in [6.07, 6.45) is 9.09. The number of nitrogens with zero attached hydrogens (tertiary/aromatic N) is 4. The SMILES string of the molecule is CS(=O)(=O)N1CCC(CN(C(=O)Nc2cc(Br)c[n+]([O-])c2)[C@@H]2CC[C@]3(c4cccc(C#N)c4)CC3C2)CC1. The van der Waals surface area contributed by atoms with Crippen molar-refractivity contribution in [1.82, 2.24) is 9.21 Å². The summed E-state index contributed by atoms with van der Waals surface area (Å²) in [7, 11) is -3.22. The van der Waals surface area contributed by atoms with Crippen molar-refractivity contribution in [3.63, 3.8) is 0 Å². The van der Waals surface area contributed by atoms with Crippen molar-refractivity contribution < 1.29 is 17.9 Å². The van der Waals surface area contributed by atoms with Crippen LogP contribution in [0.2, 0.25) is 0 Å². The molecule has 11 heteroatoms. The third-order valence-corrected chi connectivity index (χ3v) is 10.3. The lowest BCUT2D eigenvalue weighted by molar-refractivity contribution is -0.605. The highest BCUT2D eigenvalue weighted by molar-refractivity contribution is 9.10. The van der Waals surface area contributed by atoms with Crippen molar-refractivity contribution in [3.05, 3.63) is 63.5 Å². The number of aromatic nitrogens is 1. The number of rotatable bonds is 6. The van der Waals surface area contributed by atoms with Crippen LogP contribution in [0.4, 0.5) is 10.5 Å². The van der Waals surface area contributed by atoms with Gasteiger partial charge in [0.15, 0.2) is 6.20 Å². The maximum absolute atomic E-state index is 13.6. The standard InChI is InChI=1S/C27H32BrN5O4S/c1-38(36,37)32-9-6-19(7-10-32)16-33(26(34)30-24-13-23(28)17-31(35)18-24)25-5-8-27(14-22(27)12-25)21-4-2-3-20(11-21)15-29/h2-4,11,13,17-19,22,25H,5-10,12,14,16H2,1H3,(H,30,34)/t22?,25-,27-/m1/s1. The zero-order valence-corrected chi connectivity index (χ0v) is 23.7. The van der Waals surface area contributed by atoms with Crippen molar-refractivity contribution in [2.45, 2.75) is 50.0 Å². The van der Waals surface area contributed by atoms with Crippen LogP contribution in [0.1, 0.15) is 49.7 Å². The van der Waals surface area contributed by atoms with Crippen LogP contribution in [0.25, 0.3) is 0 Å². The summed E-state index contributed by atoms with van der Waals surface area (Å²) in [6, 6.07) is 11.7. The Hall–Kier alpha value is -2.68. The average Bonchev–Trinajstić information content (AvgIpc) is 3.61. The number of halogens is 1. The molecular weight excluding hydrogens is 570 g/mol. The number of fused-ring (bicyclic) bond motifs is 1. The number of carbonyl (C=O) groups excluding carboxylic acids is 1. The quantitative estimate of drug-likeness (QED) is 0.397. The molecule has 0 bridgehead atoms. The van der Waals surface area contributed by atoms with E-state index in [4.69, 9.17) is 0 Å². The second-order valence-electron chi connectivity index (χ2n) is 11.0. The van der Waals surface area contributed by atoms with Gasteiger partial charge in [-0.1, -0.05) is 12.1 Å². The Balaban J connectivity index is 1.32. The lowest BCUT2D eigenvalue weighted by atomic mass is 9.79. The zero-order chi connectivity index (χ0) is 27.1. The highest BCUT2D eigenvalue weighted by Crippen LogP contribution is 2.63. The predicted octanol–water partition coefficient (Wildman–Crippen LogP) is 3.97. The molecule has 202 valence electrons. The second-order valence-corrected chi connectivity index (χ2v) is 13.9. The molecule has 3 aliphatic rings. The first-order chi connectivity index (χ1) is 18.1. The number of carbonyl (C=O) groups is 1. The number of nitriles is 1. The van der Waals surface area contributed by atoms with Gasteiger partial charge in [-0.25, -0.2) is 17.5 Å². The number of benzene rings is 1. The van der Waals surface area contributed by atoms with E-state index in [0.29, 0.717) is 58.8 Å². The van der Waals surface area contributed by atoms with Gasteiger partial charge in [0.25, 0.3) is 0 Å². The van der Waals surface area contributed by atoms with Gasteiger partial charge < -0.3 is 15.4 Å². The molecule has 1 aromatic heterocycles. The van der Waals surface area contributed by atoms with Crippen LogP contribution in [0.3, 0.4) is 0 Å². The number of hydrogen-bond acceptors (Lipinski definition) is 5. The molecule has 0 spiro atoms. The molecule has 3 fully saturated rings. The van der Waals surface area contributed by atoms with Crippen LogP contribution in [-0.2, 0) is 15.4 Å². The van der Waals surface area contributed by atoms with Gasteiger partial charge >= 0.3 is 6.03 Å². The molecule has 1 unspecified atom stereocenters. The van der Waals surface area contributed by atoms with E-state index in [1.165, 1.54) is 28.5 Å². The first-order valence-corrected chi connectivity index (χ1v) is 15.6. The summed E-state index contributed by atoms with van der Waals surface area (Å²) >= 11 is 3.31. The van der Waals surface area contributed by atoms with Gasteiger partial charge in [0.1, 0.15) is 5.69 Å². The molecule has 2 heterocycles. The summed E-state index contributed by atoms with van der Waals surface area (Å²) in [4.78, 5) is 15.6. The summed E-state index contributed by atoms with van der Waals surface area (Å²) in [5.74, 6) is 0.649. The van der Waals surface area contributed by atoms with E-state index < -0.39 is 10.0 Å². The predicted molar refractivity (Wildman–Crippen MR) is 147 cm³/mol. The number of nitrogens with one attached hydrogen (secondary N) is 1.